The van der Waals surface area contributed by atoms with Gasteiger partial charge in [-0.15, -0.1) is 0 Å². The molecule has 1 aliphatic rings. The summed E-state index contributed by atoms with van der Waals surface area (Å²) in [5.74, 6) is 0. The van der Waals surface area contributed by atoms with Crippen LogP contribution in [0.3, 0.4) is 0 Å². The molecule has 0 spiro atoms. The lowest BCUT2D eigenvalue weighted by molar-refractivity contribution is 0.113. The minimum Gasteiger partial charge on any atom is -0.294 e. The SMILES string of the molecule is CCc1ccc(/C=N/N2CCN(C(c3ccccc3)c3ccccc3)CC2)cc1. The highest BCUT2D eigenvalue weighted by atomic mass is 15.5. The topological polar surface area (TPSA) is 18.8 Å². The van der Waals surface area contributed by atoms with Crippen molar-refractivity contribution in [1.29, 1.82) is 0 Å². The largest absolute Gasteiger partial charge is 0.294 e. The summed E-state index contributed by atoms with van der Waals surface area (Å²) in [6, 6.07) is 30.6. The van der Waals surface area contributed by atoms with E-state index in [9.17, 15) is 0 Å². The Balaban J connectivity index is 1.43. The van der Waals surface area contributed by atoms with Crippen LogP contribution in [0.25, 0.3) is 0 Å². The zero-order valence-corrected chi connectivity index (χ0v) is 17.1. The van der Waals surface area contributed by atoms with E-state index in [1.54, 1.807) is 0 Å². The summed E-state index contributed by atoms with van der Waals surface area (Å²) in [4.78, 5) is 2.58. The third-order valence-corrected chi connectivity index (χ3v) is 5.64. The van der Waals surface area contributed by atoms with Gasteiger partial charge in [0.2, 0.25) is 0 Å². The maximum absolute atomic E-state index is 4.73. The smallest absolute Gasteiger partial charge is 0.0603 e. The number of aryl methyl sites for hydroxylation is 1. The fraction of sp³-hybridized carbons (Fsp3) is 0.269. The van der Waals surface area contributed by atoms with Crippen LogP contribution in [0.5, 0.6) is 0 Å². The number of benzene rings is 3. The first-order chi connectivity index (χ1) is 14.3. The van der Waals surface area contributed by atoms with Crippen molar-refractivity contribution in [3.05, 3.63) is 107 Å². The Labute approximate surface area is 174 Å². The van der Waals surface area contributed by atoms with Crippen LogP contribution in [0.15, 0.2) is 90.0 Å². The Morgan fingerprint density at radius 3 is 1.83 bits per heavy atom. The summed E-state index contributed by atoms with van der Waals surface area (Å²) < 4.78 is 0. The summed E-state index contributed by atoms with van der Waals surface area (Å²) in [6.07, 6.45) is 3.06. The molecule has 0 atom stereocenters. The molecule has 0 amide bonds. The Bertz CT molecular complexity index is 856. The van der Waals surface area contributed by atoms with Crippen LogP contribution in [0.2, 0.25) is 0 Å². The molecular weight excluding hydrogens is 354 g/mol. The molecule has 3 nitrogen and oxygen atoms in total. The maximum Gasteiger partial charge on any atom is 0.0603 e. The van der Waals surface area contributed by atoms with Crippen LogP contribution in [0.1, 0.15) is 35.2 Å². The van der Waals surface area contributed by atoms with Crippen molar-refractivity contribution in [3.63, 3.8) is 0 Å². The van der Waals surface area contributed by atoms with Crippen LogP contribution in [-0.4, -0.2) is 42.3 Å². The number of piperazine rings is 1. The van der Waals surface area contributed by atoms with E-state index in [0.29, 0.717) is 6.04 Å². The quantitative estimate of drug-likeness (QED) is 0.559. The van der Waals surface area contributed by atoms with Gasteiger partial charge in [0.05, 0.1) is 12.3 Å². The van der Waals surface area contributed by atoms with Gasteiger partial charge in [-0.05, 0) is 28.7 Å². The summed E-state index contributed by atoms with van der Waals surface area (Å²) >= 11 is 0. The zero-order chi connectivity index (χ0) is 19.9. The molecule has 4 rings (SSSR count). The molecule has 1 heterocycles. The van der Waals surface area contributed by atoms with E-state index in [0.717, 1.165) is 38.2 Å². The summed E-state index contributed by atoms with van der Waals surface area (Å²) in [7, 11) is 0. The van der Waals surface area contributed by atoms with E-state index >= 15 is 0 Å². The lowest BCUT2D eigenvalue weighted by Crippen LogP contribution is -2.45. The predicted octanol–water partition coefficient (Wildman–Crippen LogP) is 4.99. The van der Waals surface area contributed by atoms with E-state index in [2.05, 4.69) is 102 Å². The average molecular weight is 384 g/mol. The van der Waals surface area contributed by atoms with Gasteiger partial charge in [-0.3, -0.25) is 9.91 Å². The van der Waals surface area contributed by atoms with Gasteiger partial charge >= 0.3 is 0 Å². The lowest BCUT2D eigenvalue weighted by atomic mass is 9.96. The van der Waals surface area contributed by atoms with Crippen LogP contribution in [-0.2, 0) is 6.42 Å². The predicted molar refractivity (Wildman–Crippen MR) is 121 cm³/mol. The molecule has 3 aromatic carbocycles. The Kier molecular flexibility index (Phi) is 6.38. The van der Waals surface area contributed by atoms with E-state index < -0.39 is 0 Å². The number of rotatable bonds is 6. The Morgan fingerprint density at radius 2 is 1.31 bits per heavy atom. The molecule has 1 aliphatic heterocycles. The van der Waals surface area contributed by atoms with E-state index in [-0.39, 0.29) is 0 Å². The van der Waals surface area contributed by atoms with Gasteiger partial charge in [-0.1, -0.05) is 91.9 Å². The number of nitrogens with zero attached hydrogens (tertiary/aromatic N) is 3. The number of hydrazone groups is 1. The van der Waals surface area contributed by atoms with Crippen molar-refractivity contribution in [2.75, 3.05) is 26.2 Å². The summed E-state index contributed by atoms with van der Waals surface area (Å²) in [6.45, 7) is 6.07. The van der Waals surface area contributed by atoms with Crippen molar-refractivity contribution in [1.82, 2.24) is 9.91 Å². The molecule has 1 fully saturated rings. The second-order valence-electron chi connectivity index (χ2n) is 7.55. The van der Waals surface area contributed by atoms with Gasteiger partial charge < -0.3 is 0 Å². The van der Waals surface area contributed by atoms with E-state index in [1.807, 2.05) is 6.21 Å². The molecule has 0 aliphatic carbocycles. The highest BCUT2D eigenvalue weighted by Crippen LogP contribution is 2.29. The van der Waals surface area contributed by atoms with Crippen molar-refractivity contribution < 1.29 is 0 Å². The van der Waals surface area contributed by atoms with Gasteiger partial charge in [0.25, 0.3) is 0 Å². The van der Waals surface area contributed by atoms with Gasteiger partial charge in [0, 0.05) is 26.2 Å². The van der Waals surface area contributed by atoms with Crippen LogP contribution < -0.4 is 0 Å². The molecular formula is C26H29N3. The second-order valence-corrected chi connectivity index (χ2v) is 7.55. The van der Waals surface area contributed by atoms with Crippen LogP contribution >= 0.6 is 0 Å². The molecule has 148 valence electrons. The first-order valence-electron chi connectivity index (χ1n) is 10.6. The average Bonchev–Trinajstić information content (AvgIpc) is 2.80. The molecule has 3 heteroatoms. The van der Waals surface area contributed by atoms with Crippen molar-refractivity contribution >= 4 is 6.21 Å². The Morgan fingerprint density at radius 1 is 0.759 bits per heavy atom. The molecule has 0 saturated carbocycles. The van der Waals surface area contributed by atoms with E-state index in [4.69, 9.17) is 5.10 Å². The van der Waals surface area contributed by atoms with E-state index in [1.165, 1.54) is 16.7 Å². The van der Waals surface area contributed by atoms with Gasteiger partial charge in [0.15, 0.2) is 0 Å². The van der Waals surface area contributed by atoms with Gasteiger partial charge in [-0.25, -0.2) is 0 Å². The second kappa shape index (κ2) is 9.53. The third-order valence-electron chi connectivity index (χ3n) is 5.64. The highest BCUT2D eigenvalue weighted by molar-refractivity contribution is 5.79. The molecule has 0 unspecified atom stereocenters. The number of hydrogen-bond acceptors (Lipinski definition) is 3. The third kappa shape index (κ3) is 4.93. The zero-order valence-electron chi connectivity index (χ0n) is 17.1. The van der Waals surface area contributed by atoms with Crippen molar-refractivity contribution in [2.24, 2.45) is 5.10 Å². The molecule has 0 bridgehead atoms. The normalized spacial score (nSPS) is 15.3. The van der Waals surface area contributed by atoms with Gasteiger partial charge in [0.1, 0.15) is 0 Å². The molecule has 0 N–H and O–H groups in total. The highest BCUT2D eigenvalue weighted by Gasteiger charge is 2.25. The van der Waals surface area contributed by atoms with Crippen molar-refractivity contribution in [2.45, 2.75) is 19.4 Å². The fourth-order valence-electron chi connectivity index (χ4n) is 3.96. The standard InChI is InChI=1S/C26H29N3/c1-2-22-13-15-23(16-14-22)21-27-29-19-17-28(18-20-29)26(24-9-5-3-6-10-24)25-11-7-4-8-12-25/h3-16,21,26H,2,17-20H2,1H3/b27-21+. The first-order valence-corrected chi connectivity index (χ1v) is 10.6. The lowest BCUT2D eigenvalue weighted by Gasteiger charge is -2.38. The van der Waals surface area contributed by atoms with Gasteiger partial charge in [-0.2, -0.15) is 5.10 Å². The molecule has 3 aromatic rings. The summed E-state index contributed by atoms with van der Waals surface area (Å²) in [5.41, 5.74) is 5.23. The van der Waals surface area contributed by atoms with Crippen LogP contribution in [0.4, 0.5) is 0 Å². The molecule has 0 aromatic heterocycles. The first kappa shape index (κ1) is 19.4. The Hall–Kier alpha value is -2.91. The molecule has 0 radical (unpaired) electrons. The minimum absolute atomic E-state index is 0.296. The number of hydrogen-bond donors (Lipinski definition) is 0. The maximum atomic E-state index is 4.73. The fourth-order valence-corrected chi connectivity index (χ4v) is 3.96. The summed E-state index contributed by atoms with van der Waals surface area (Å²) in [5, 5.41) is 6.92. The molecule has 1 saturated heterocycles. The minimum atomic E-state index is 0.296. The van der Waals surface area contributed by atoms with Crippen molar-refractivity contribution in [3.8, 4) is 0 Å². The molecule has 29 heavy (non-hydrogen) atoms. The van der Waals surface area contributed by atoms with Crippen LogP contribution in [0, 0.1) is 0 Å². The monoisotopic (exact) mass is 383 g/mol.